The van der Waals surface area contributed by atoms with Crippen LogP contribution in [0.4, 0.5) is 0 Å². The predicted molar refractivity (Wildman–Crippen MR) is 268 cm³/mol. The molecule has 332 valence electrons. The van der Waals surface area contributed by atoms with Gasteiger partial charge in [0.25, 0.3) is 0 Å². The van der Waals surface area contributed by atoms with Gasteiger partial charge in [-0.2, -0.15) is 0 Å². The molecule has 2 saturated heterocycles. The Morgan fingerprint density at radius 2 is 0.678 bits per heavy atom. The minimum Gasteiger partial charge on any atom is -0.668 e. The van der Waals surface area contributed by atoms with Gasteiger partial charge in [-0.3, -0.25) is 0 Å². The van der Waals surface area contributed by atoms with E-state index >= 15 is 0 Å². The first-order chi connectivity index (χ1) is 26.6. The van der Waals surface area contributed by atoms with E-state index in [2.05, 4.69) is 170 Å². The molecule has 2 aliphatic rings. The topological polar surface area (TPSA) is 78.8 Å². The SMILES string of the molecule is C1CCOC1.C1CCOC1.CC(C)c1cccc(C(C)C)c1-n1ccn(-c2c(C(C)C)cccc2C(C)C)c1=[N-].C[Si](C)(C)[N-][Si](C)(C)C.C[Si](C)(C)[N-][Si](C)(C)C.[Y+3]. The average Bonchev–Trinajstić information content (AvgIpc) is 3.87. The molecule has 0 N–H and O–H groups in total. The number of ether oxygens (including phenoxy) is 2. The molecule has 0 radical (unpaired) electrons. The van der Waals surface area contributed by atoms with Crippen LogP contribution in [0.5, 0.6) is 0 Å². The Bertz CT molecular complexity index is 1460. The molecule has 59 heavy (non-hydrogen) atoms. The summed E-state index contributed by atoms with van der Waals surface area (Å²) in [7, 11) is -4.42. The fraction of sp³-hybridized carbons (Fsp3) is 0.681. The van der Waals surface area contributed by atoms with Crippen LogP contribution < -0.4 is 5.62 Å². The van der Waals surface area contributed by atoms with Crippen LogP contribution in [-0.2, 0) is 42.2 Å². The molecule has 0 spiro atoms. The summed E-state index contributed by atoms with van der Waals surface area (Å²) in [4.78, 5) is 0. The van der Waals surface area contributed by atoms with E-state index in [9.17, 15) is 5.41 Å². The van der Waals surface area contributed by atoms with E-state index < -0.39 is 32.9 Å². The van der Waals surface area contributed by atoms with Crippen molar-refractivity contribution in [3.63, 3.8) is 0 Å². The van der Waals surface area contributed by atoms with Crippen LogP contribution in [0.2, 0.25) is 78.6 Å². The van der Waals surface area contributed by atoms with E-state index in [1.54, 1.807) is 0 Å². The maximum Gasteiger partial charge on any atom is 3.00 e. The van der Waals surface area contributed by atoms with Crippen molar-refractivity contribution in [2.24, 2.45) is 0 Å². The van der Waals surface area contributed by atoms with E-state index in [4.69, 9.17) is 18.8 Å². The van der Waals surface area contributed by atoms with Gasteiger partial charge in [0.2, 0.25) is 0 Å². The molecular formula is C47H88N5O2Si4Y. The Labute approximate surface area is 393 Å². The van der Waals surface area contributed by atoms with E-state index in [1.807, 2.05) is 21.5 Å². The largest absolute Gasteiger partial charge is 3.00 e. The first-order valence-corrected chi connectivity index (χ1v) is 36.1. The molecule has 1 aromatic heterocycles. The van der Waals surface area contributed by atoms with Gasteiger partial charge >= 0.3 is 32.7 Å². The minimum absolute atomic E-state index is 0. The van der Waals surface area contributed by atoms with Gasteiger partial charge in [-0.15, -0.1) is 0 Å². The van der Waals surface area contributed by atoms with E-state index in [0.29, 0.717) is 23.7 Å². The first kappa shape index (κ1) is 58.3. The van der Waals surface area contributed by atoms with Gasteiger partial charge in [-0.1, -0.05) is 203 Å². The molecule has 0 amide bonds. The van der Waals surface area contributed by atoms with Crippen LogP contribution in [0.3, 0.4) is 0 Å². The Hall–Kier alpha value is -0.739. The van der Waals surface area contributed by atoms with E-state index in [-0.39, 0.29) is 38.3 Å². The quantitative estimate of drug-likeness (QED) is 0.190. The van der Waals surface area contributed by atoms with Crippen molar-refractivity contribution in [1.29, 1.82) is 0 Å². The van der Waals surface area contributed by atoms with Gasteiger partial charge in [0.05, 0.1) is 0 Å². The summed E-state index contributed by atoms with van der Waals surface area (Å²) in [6, 6.07) is 13.0. The van der Waals surface area contributed by atoms with Crippen LogP contribution in [0.25, 0.3) is 26.1 Å². The molecular weight excluding hydrogens is 868 g/mol. The molecule has 3 aromatic rings. The van der Waals surface area contributed by atoms with Crippen molar-refractivity contribution in [1.82, 2.24) is 9.13 Å². The number of benzene rings is 2. The molecule has 2 aromatic carbocycles. The molecule has 0 unspecified atom stereocenters. The number of imidazole rings is 1. The number of nitrogens with zero attached hydrogens (tertiary/aromatic N) is 5. The van der Waals surface area contributed by atoms with Gasteiger partial charge in [0, 0.05) is 32.0 Å². The third kappa shape index (κ3) is 23.5. The zero-order chi connectivity index (χ0) is 44.6. The zero-order valence-electron chi connectivity index (χ0n) is 41.7. The van der Waals surface area contributed by atoms with E-state index in [1.165, 1.54) is 47.9 Å². The molecule has 3 heterocycles. The molecule has 2 aliphatic heterocycles. The van der Waals surface area contributed by atoms with Crippen LogP contribution in [0.1, 0.15) is 127 Å². The Balaban J connectivity index is 0.000000933. The fourth-order valence-corrected chi connectivity index (χ4v) is 23.4. The molecule has 7 nitrogen and oxygen atoms in total. The number of aromatic nitrogens is 2. The van der Waals surface area contributed by atoms with Crippen molar-refractivity contribution < 1.29 is 42.2 Å². The van der Waals surface area contributed by atoms with Gasteiger partial charge < -0.3 is 33.3 Å². The van der Waals surface area contributed by atoms with Crippen LogP contribution in [-0.4, -0.2) is 68.5 Å². The summed E-state index contributed by atoms with van der Waals surface area (Å²) in [6.45, 7) is 49.2. The third-order valence-corrected chi connectivity index (χ3v) is 19.7. The summed E-state index contributed by atoms with van der Waals surface area (Å²) < 4.78 is 23.5. The summed E-state index contributed by atoms with van der Waals surface area (Å²) in [6.07, 6.45) is 9.12. The second-order valence-electron chi connectivity index (χ2n) is 21.1. The van der Waals surface area contributed by atoms with E-state index in [0.717, 1.165) is 37.8 Å². The maximum atomic E-state index is 11.5. The second-order valence-corrected chi connectivity index (χ2v) is 40.2. The van der Waals surface area contributed by atoms with Crippen LogP contribution in [0, 0.1) is 0 Å². The molecule has 0 atom stereocenters. The molecule has 0 aliphatic carbocycles. The monoisotopic (exact) mass is 956 g/mol. The standard InChI is InChI=1S/C27H36N3.2C6H18NSi2.2C4H8O.Y/c1-17(2)21-11-9-12-22(18(3)4)25(21)29-15-16-30(27(29)28)26-23(19(5)6)13-10-14-24(26)20(7)8;2*1-8(2,3)7-9(4,5)6;2*1-2-4-5-3-1;/h9-20H,1-8H3;2*1-6H3;2*1-4H2;/q3*-1;;;+3. The molecule has 2 fully saturated rings. The second kappa shape index (κ2) is 26.8. The predicted octanol–water partition coefficient (Wildman–Crippen LogP) is 14.9. The van der Waals surface area contributed by atoms with Gasteiger partial charge in [0.1, 0.15) is 0 Å². The van der Waals surface area contributed by atoms with Crippen LogP contribution >= 0.6 is 0 Å². The Morgan fingerprint density at radius 1 is 0.458 bits per heavy atom. The summed E-state index contributed by atoms with van der Waals surface area (Å²) in [5.41, 5.74) is 7.46. The summed E-state index contributed by atoms with van der Waals surface area (Å²) in [5, 5.41) is 11.5. The number of hydrogen-bond acceptors (Lipinski definition) is 2. The van der Waals surface area contributed by atoms with Crippen molar-refractivity contribution in [2.45, 2.75) is 183 Å². The smallest absolute Gasteiger partial charge is 0.668 e. The number of rotatable bonds is 10. The van der Waals surface area contributed by atoms with Crippen molar-refractivity contribution in [3.05, 3.63) is 91.4 Å². The maximum absolute atomic E-state index is 11.5. The van der Waals surface area contributed by atoms with Crippen LogP contribution in [0.15, 0.2) is 48.8 Å². The number of hydrogen-bond donors (Lipinski definition) is 0. The van der Waals surface area contributed by atoms with Crippen molar-refractivity contribution in [3.8, 4) is 11.4 Å². The zero-order valence-corrected chi connectivity index (χ0v) is 48.6. The van der Waals surface area contributed by atoms with Gasteiger partial charge in [0.15, 0.2) is 0 Å². The minimum atomic E-state index is -1.11. The molecule has 0 bridgehead atoms. The third-order valence-electron chi connectivity index (χ3n) is 8.96. The van der Waals surface area contributed by atoms with Crippen molar-refractivity contribution >= 4 is 32.9 Å². The Morgan fingerprint density at radius 3 is 0.814 bits per heavy atom. The molecule has 0 saturated carbocycles. The molecule has 12 heteroatoms. The molecule has 5 rings (SSSR count). The fourth-order valence-electron chi connectivity index (χ4n) is 7.34. The Kier molecular flexibility index (Phi) is 26.4. The van der Waals surface area contributed by atoms with Gasteiger partial charge in [-0.25, -0.2) is 0 Å². The van der Waals surface area contributed by atoms with Crippen molar-refractivity contribution in [2.75, 3.05) is 26.4 Å². The normalized spacial score (nSPS) is 14.4. The number of para-hydroxylation sites is 2. The summed E-state index contributed by atoms with van der Waals surface area (Å²) >= 11 is 0. The average molecular weight is 957 g/mol. The summed E-state index contributed by atoms with van der Waals surface area (Å²) in [5.74, 6) is 1.46. The first-order valence-electron chi connectivity index (χ1n) is 22.3. The van der Waals surface area contributed by atoms with Gasteiger partial charge in [-0.05, 0) is 95.4 Å².